The van der Waals surface area contributed by atoms with E-state index in [1.807, 2.05) is 0 Å². The monoisotopic (exact) mass is 285 g/mol. The zero-order chi connectivity index (χ0) is 13.1. The first-order valence-corrected chi connectivity index (χ1v) is 8.33. The zero-order valence-corrected chi connectivity index (χ0v) is 13.2. The van der Waals surface area contributed by atoms with Gasteiger partial charge in [0.05, 0.1) is 4.34 Å². The summed E-state index contributed by atoms with van der Waals surface area (Å²) in [5.41, 5.74) is 1.33. The Hall–Kier alpha value is -0.0500. The first kappa shape index (κ1) is 14.4. The third-order valence-corrected chi connectivity index (χ3v) is 5.34. The molecule has 1 aromatic heterocycles. The molecule has 1 aliphatic carbocycles. The van der Waals surface area contributed by atoms with Crippen LogP contribution in [0.25, 0.3) is 0 Å². The summed E-state index contributed by atoms with van der Waals surface area (Å²) >= 11 is 7.64. The van der Waals surface area contributed by atoms with Crippen molar-refractivity contribution in [2.24, 2.45) is 11.8 Å². The molecule has 1 nitrogen and oxygen atoms in total. The van der Waals surface area contributed by atoms with Gasteiger partial charge in [-0.05, 0) is 48.6 Å². The maximum Gasteiger partial charge on any atom is 0.0931 e. The van der Waals surface area contributed by atoms with Crippen molar-refractivity contribution in [1.29, 1.82) is 0 Å². The maximum absolute atomic E-state index is 6.02. The maximum atomic E-state index is 6.02. The molecule has 1 aromatic rings. The number of halogens is 1. The lowest BCUT2D eigenvalue weighted by Crippen LogP contribution is -2.41. The van der Waals surface area contributed by atoms with Crippen LogP contribution in [0.1, 0.15) is 58.1 Å². The molecule has 0 spiro atoms. The van der Waals surface area contributed by atoms with Crippen LogP contribution in [0.5, 0.6) is 0 Å². The number of hydrogen-bond acceptors (Lipinski definition) is 2. The Balaban J connectivity index is 1.98. The topological polar surface area (TPSA) is 12.0 Å². The molecule has 0 aliphatic heterocycles. The summed E-state index contributed by atoms with van der Waals surface area (Å²) in [7, 11) is 0. The summed E-state index contributed by atoms with van der Waals surface area (Å²) in [6.45, 7) is 6.97. The van der Waals surface area contributed by atoms with Gasteiger partial charge in [-0.15, -0.1) is 11.3 Å². The van der Waals surface area contributed by atoms with Gasteiger partial charge in [-0.2, -0.15) is 0 Å². The second kappa shape index (κ2) is 6.40. The van der Waals surface area contributed by atoms with E-state index in [-0.39, 0.29) is 0 Å². The second-order valence-electron chi connectivity index (χ2n) is 5.87. The van der Waals surface area contributed by atoms with Crippen molar-refractivity contribution in [3.05, 3.63) is 21.3 Å². The van der Waals surface area contributed by atoms with Crippen molar-refractivity contribution in [2.75, 3.05) is 0 Å². The minimum absolute atomic E-state index is 0.415. The smallest absolute Gasteiger partial charge is 0.0931 e. The van der Waals surface area contributed by atoms with Crippen LogP contribution >= 0.6 is 22.9 Å². The standard InChI is InChI=1S/C15H24ClNS/c1-10(2)13-6-4-5-7-14(13)17-11(3)12-8-15(16)18-9-12/h8-11,13-14,17H,4-7H2,1-3H3. The average molecular weight is 286 g/mol. The molecule has 0 aromatic carbocycles. The Morgan fingerprint density at radius 3 is 2.61 bits per heavy atom. The summed E-state index contributed by atoms with van der Waals surface area (Å²) in [4.78, 5) is 0. The highest BCUT2D eigenvalue weighted by atomic mass is 35.5. The van der Waals surface area contributed by atoms with Crippen molar-refractivity contribution in [1.82, 2.24) is 5.32 Å². The normalized spacial score (nSPS) is 26.5. The van der Waals surface area contributed by atoms with Crippen molar-refractivity contribution in [3.63, 3.8) is 0 Å². The zero-order valence-electron chi connectivity index (χ0n) is 11.6. The van der Waals surface area contributed by atoms with Gasteiger partial charge in [0.15, 0.2) is 0 Å². The van der Waals surface area contributed by atoms with Gasteiger partial charge in [0.1, 0.15) is 0 Å². The Bertz CT molecular complexity index is 374. The molecule has 0 bridgehead atoms. The predicted molar refractivity (Wildman–Crippen MR) is 81.5 cm³/mol. The lowest BCUT2D eigenvalue weighted by molar-refractivity contribution is 0.195. The fraction of sp³-hybridized carbons (Fsp3) is 0.733. The summed E-state index contributed by atoms with van der Waals surface area (Å²) in [6, 6.07) is 3.18. The number of rotatable bonds is 4. The second-order valence-corrected chi connectivity index (χ2v) is 7.41. The summed E-state index contributed by atoms with van der Waals surface area (Å²) in [6.07, 6.45) is 5.48. The van der Waals surface area contributed by atoms with Crippen LogP contribution in [0.15, 0.2) is 11.4 Å². The molecule has 0 amide bonds. The average Bonchev–Trinajstić information content (AvgIpc) is 2.76. The number of hydrogen-bond donors (Lipinski definition) is 1. The number of thiophene rings is 1. The fourth-order valence-electron chi connectivity index (χ4n) is 3.13. The molecule has 1 saturated carbocycles. The van der Waals surface area contributed by atoms with E-state index in [1.54, 1.807) is 11.3 Å². The van der Waals surface area contributed by atoms with Gasteiger partial charge >= 0.3 is 0 Å². The fourth-order valence-corrected chi connectivity index (χ4v) is 4.12. The highest BCUT2D eigenvalue weighted by Gasteiger charge is 2.28. The van der Waals surface area contributed by atoms with E-state index in [1.165, 1.54) is 31.2 Å². The van der Waals surface area contributed by atoms with Crippen molar-refractivity contribution >= 4 is 22.9 Å². The Labute approximate surface area is 120 Å². The minimum Gasteiger partial charge on any atom is -0.307 e. The van der Waals surface area contributed by atoms with E-state index in [0.29, 0.717) is 12.1 Å². The van der Waals surface area contributed by atoms with Crippen molar-refractivity contribution < 1.29 is 0 Å². The SMILES string of the molecule is CC(NC1CCCCC1C(C)C)c1csc(Cl)c1. The molecule has 3 heteroatoms. The van der Waals surface area contributed by atoms with Gasteiger partial charge in [-0.25, -0.2) is 0 Å². The molecule has 1 aliphatic rings. The van der Waals surface area contributed by atoms with Crippen molar-refractivity contribution in [2.45, 2.75) is 58.5 Å². The van der Waals surface area contributed by atoms with E-state index >= 15 is 0 Å². The Kier molecular flexibility index (Phi) is 5.11. The van der Waals surface area contributed by atoms with Crippen LogP contribution in [0.2, 0.25) is 4.34 Å². The van der Waals surface area contributed by atoms with E-state index in [4.69, 9.17) is 11.6 Å². The van der Waals surface area contributed by atoms with Gasteiger partial charge < -0.3 is 5.32 Å². The summed E-state index contributed by atoms with van der Waals surface area (Å²) < 4.78 is 0.891. The molecule has 18 heavy (non-hydrogen) atoms. The summed E-state index contributed by atoms with van der Waals surface area (Å²) in [5.74, 6) is 1.61. The summed E-state index contributed by atoms with van der Waals surface area (Å²) in [5, 5.41) is 6.00. The molecule has 1 N–H and O–H groups in total. The van der Waals surface area contributed by atoms with Gasteiger partial charge in [-0.3, -0.25) is 0 Å². The van der Waals surface area contributed by atoms with E-state index in [0.717, 1.165) is 16.2 Å². The predicted octanol–water partition coefficient (Wildman–Crippen LogP) is 5.27. The van der Waals surface area contributed by atoms with Gasteiger partial charge in [-0.1, -0.05) is 38.3 Å². The highest BCUT2D eigenvalue weighted by Crippen LogP contribution is 2.32. The van der Waals surface area contributed by atoms with Crippen LogP contribution in [-0.4, -0.2) is 6.04 Å². The quantitative estimate of drug-likeness (QED) is 0.795. The van der Waals surface area contributed by atoms with Gasteiger partial charge in [0, 0.05) is 12.1 Å². The molecule has 0 radical (unpaired) electrons. The third-order valence-electron chi connectivity index (χ3n) is 4.23. The Morgan fingerprint density at radius 1 is 1.28 bits per heavy atom. The van der Waals surface area contributed by atoms with Crippen LogP contribution in [0, 0.1) is 11.8 Å². The molecule has 0 saturated heterocycles. The molecule has 1 fully saturated rings. The minimum atomic E-state index is 0.415. The highest BCUT2D eigenvalue weighted by molar-refractivity contribution is 7.14. The Morgan fingerprint density at radius 2 is 2.00 bits per heavy atom. The van der Waals surface area contributed by atoms with Crippen LogP contribution in [-0.2, 0) is 0 Å². The van der Waals surface area contributed by atoms with Gasteiger partial charge in [0.25, 0.3) is 0 Å². The first-order chi connectivity index (χ1) is 8.58. The molecule has 3 atom stereocenters. The molecular weight excluding hydrogens is 262 g/mol. The van der Waals surface area contributed by atoms with E-state index < -0.39 is 0 Å². The van der Waals surface area contributed by atoms with Crippen LogP contribution in [0.4, 0.5) is 0 Å². The molecule has 1 heterocycles. The first-order valence-electron chi connectivity index (χ1n) is 7.08. The number of nitrogens with one attached hydrogen (secondary N) is 1. The molecular formula is C15H24ClNS. The van der Waals surface area contributed by atoms with Crippen molar-refractivity contribution in [3.8, 4) is 0 Å². The molecule has 2 rings (SSSR count). The molecule has 3 unspecified atom stereocenters. The lowest BCUT2D eigenvalue weighted by Gasteiger charge is -2.36. The molecule has 102 valence electrons. The largest absolute Gasteiger partial charge is 0.307 e. The van der Waals surface area contributed by atoms with Crippen LogP contribution < -0.4 is 5.32 Å². The van der Waals surface area contributed by atoms with Crippen LogP contribution in [0.3, 0.4) is 0 Å². The third kappa shape index (κ3) is 3.49. The van der Waals surface area contributed by atoms with E-state index in [9.17, 15) is 0 Å². The van der Waals surface area contributed by atoms with Gasteiger partial charge in [0.2, 0.25) is 0 Å². The lowest BCUT2D eigenvalue weighted by atomic mass is 9.77. The van der Waals surface area contributed by atoms with E-state index in [2.05, 4.69) is 37.5 Å².